The molecule has 0 amide bonds. The Kier molecular flexibility index (Phi) is 9.65. The number of hydrogen-bond acceptors (Lipinski definition) is 9. The molecule has 2 fully saturated rings. The van der Waals surface area contributed by atoms with Crippen molar-refractivity contribution >= 4 is 34.1 Å². The molecule has 44 heavy (non-hydrogen) atoms. The lowest BCUT2D eigenvalue weighted by molar-refractivity contribution is -0.138. The normalized spacial score (nSPS) is 19.9. The van der Waals surface area contributed by atoms with E-state index in [1.165, 1.54) is 6.33 Å². The van der Waals surface area contributed by atoms with Crippen LogP contribution in [0.5, 0.6) is 0 Å². The van der Waals surface area contributed by atoms with E-state index in [4.69, 9.17) is 5.11 Å². The highest BCUT2D eigenvalue weighted by atomic mass is 32.1. The van der Waals surface area contributed by atoms with Crippen molar-refractivity contribution in [3.8, 4) is 11.3 Å². The Balaban J connectivity index is 1.44. The van der Waals surface area contributed by atoms with Gasteiger partial charge in [-0.05, 0) is 50.9 Å². The highest BCUT2D eigenvalue weighted by Gasteiger charge is 2.33. The number of aliphatic carboxylic acids is 1. The van der Waals surface area contributed by atoms with E-state index in [1.807, 2.05) is 16.7 Å². The molecule has 15 heteroatoms. The highest BCUT2D eigenvalue weighted by molar-refractivity contribution is 7.16. The van der Waals surface area contributed by atoms with Crippen LogP contribution in [0.4, 0.5) is 38.7 Å². The Morgan fingerprint density at radius 2 is 1.95 bits per heavy atom. The van der Waals surface area contributed by atoms with E-state index in [9.17, 15) is 22.4 Å². The molecular formula is C29H34F5N7O2S. The number of nitrogens with zero attached hydrogens (tertiary/aromatic N) is 6. The summed E-state index contributed by atoms with van der Waals surface area (Å²) in [7, 11) is 0. The minimum Gasteiger partial charge on any atom is -0.481 e. The van der Waals surface area contributed by atoms with Crippen LogP contribution in [0.1, 0.15) is 50.0 Å². The topological polar surface area (TPSA) is 97.7 Å². The quantitative estimate of drug-likeness (QED) is 0.259. The average molecular weight is 640 g/mol. The van der Waals surface area contributed by atoms with E-state index in [-0.39, 0.29) is 46.5 Å². The van der Waals surface area contributed by atoms with Crippen LogP contribution in [0.25, 0.3) is 11.3 Å². The molecule has 2 atom stereocenters. The Hall–Kier alpha value is -3.43. The molecule has 0 bridgehead atoms. The second-order valence-corrected chi connectivity index (χ2v) is 12.2. The predicted molar refractivity (Wildman–Crippen MR) is 157 cm³/mol. The van der Waals surface area contributed by atoms with Crippen molar-refractivity contribution in [2.75, 3.05) is 42.9 Å². The van der Waals surface area contributed by atoms with Gasteiger partial charge in [0.05, 0.1) is 17.7 Å². The zero-order valence-electron chi connectivity index (χ0n) is 24.4. The molecule has 4 heterocycles. The standard InChI is InChI=1S/C29H34F5N7O2S/c1-3-21-14-39(8-6-23(42)43)9-10-41(21)27-24(31)26(35-16-36-27)38-28-37-25(22(44-28)15-40-7-4-5-17(40)2)18-11-19(29(32,33)34)13-20(30)12-18/h11-13,16-17,21H,3-10,14-15H2,1-2H3,(H,42,43)(H,35,36,37,38)/t17-,21-/m1/s1. The maximum atomic E-state index is 15.9. The molecule has 2 aliphatic heterocycles. The number of carboxylic acid groups (broad SMARTS) is 1. The van der Waals surface area contributed by atoms with Gasteiger partial charge in [0.15, 0.2) is 16.8 Å². The van der Waals surface area contributed by atoms with Gasteiger partial charge in [-0.25, -0.2) is 19.3 Å². The van der Waals surface area contributed by atoms with Gasteiger partial charge in [-0.3, -0.25) is 14.6 Å². The molecule has 5 rings (SSSR count). The number of alkyl halides is 3. The molecule has 0 saturated carbocycles. The number of anilines is 3. The zero-order valence-corrected chi connectivity index (χ0v) is 25.2. The molecule has 0 radical (unpaired) electrons. The zero-order chi connectivity index (χ0) is 31.6. The minimum atomic E-state index is -4.74. The minimum absolute atomic E-state index is 0.0149. The van der Waals surface area contributed by atoms with E-state index in [0.717, 1.165) is 42.9 Å². The first-order valence-corrected chi connectivity index (χ1v) is 15.3. The molecule has 2 aliphatic rings. The van der Waals surface area contributed by atoms with Crippen molar-refractivity contribution < 1.29 is 31.9 Å². The number of hydrogen-bond donors (Lipinski definition) is 2. The number of piperazine rings is 1. The molecule has 3 aromatic rings. The van der Waals surface area contributed by atoms with Crippen LogP contribution in [-0.4, -0.2) is 80.6 Å². The van der Waals surface area contributed by atoms with Crippen LogP contribution in [0.2, 0.25) is 0 Å². The maximum Gasteiger partial charge on any atom is 0.416 e. The van der Waals surface area contributed by atoms with Crippen LogP contribution in [0, 0.1) is 11.6 Å². The Morgan fingerprint density at radius 1 is 1.16 bits per heavy atom. The number of carbonyl (C=O) groups is 1. The lowest BCUT2D eigenvalue weighted by atomic mass is 10.1. The predicted octanol–water partition coefficient (Wildman–Crippen LogP) is 6.00. The summed E-state index contributed by atoms with van der Waals surface area (Å²) in [6, 6.07) is 2.51. The molecule has 9 nitrogen and oxygen atoms in total. The van der Waals surface area contributed by atoms with Gasteiger partial charge in [-0.1, -0.05) is 18.3 Å². The van der Waals surface area contributed by atoms with Gasteiger partial charge in [-0.2, -0.15) is 17.6 Å². The van der Waals surface area contributed by atoms with E-state index in [0.29, 0.717) is 50.1 Å². The van der Waals surface area contributed by atoms with E-state index < -0.39 is 29.3 Å². The lowest BCUT2D eigenvalue weighted by Gasteiger charge is -2.41. The Bertz CT molecular complexity index is 1490. The summed E-state index contributed by atoms with van der Waals surface area (Å²) in [4.78, 5) is 30.5. The SMILES string of the molecule is CC[C@@H]1CN(CCC(=O)O)CCN1c1ncnc(Nc2nc(-c3cc(F)cc(C(F)(F)F)c3)c(CN3CCC[C@H]3C)s2)c1F. The molecule has 0 aliphatic carbocycles. The van der Waals surface area contributed by atoms with Crippen LogP contribution < -0.4 is 10.2 Å². The van der Waals surface area contributed by atoms with Gasteiger partial charge in [0, 0.05) is 55.2 Å². The third-order valence-corrected chi connectivity index (χ3v) is 9.14. The van der Waals surface area contributed by atoms with Crippen molar-refractivity contribution in [1.29, 1.82) is 0 Å². The summed E-state index contributed by atoms with van der Waals surface area (Å²) in [5, 5.41) is 12.1. The second kappa shape index (κ2) is 13.3. The van der Waals surface area contributed by atoms with Crippen LogP contribution in [0.3, 0.4) is 0 Å². The lowest BCUT2D eigenvalue weighted by Crippen LogP contribution is -2.54. The highest BCUT2D eigenvalue weighted by Crippen LogP contribution is 2.39. The molecular weight excluding hydrogens is 605 g/mol. The maximum absolute atomic E-state index is 15.9. The molecule has 2 saturated heterocycles. The fraction of sp³-hybridized carbons (Fsp3) is 0.517. The van der Waals surface area contributed by atoms with Gasteiger partial charge in [0.1, 0.15) is 12.1 Å². The molecule has 238 valence electrons. The van der Waals surface area contributed by atoms with Crippen molar-refractivity contribution in [2.24, 2.45) is 0 Å². The number of benzene rings is 1. The van der Waals surface area contributed by atoms with E-state index >= 15 is 4.39 Å². The first-order valence-electron chi connectivity index (χ1n) is 14.5. The fourth-order valence-corrected chi connectivity index (χ4v) is 6.80. The summed E-state index contributed by atoms with van der Waals surface area (Å²) in [5.74, 6) is -2.66. The van der Waals surface area contributed by atoms with Gasteiger partial charge in [0.25, 0.3) is 0 Å². The molecule has 1 aromatic carbocycles. The van der Waals surface area contributed by atoms with Gasteiger partial charge in [0.2, 0.25) is 5.82 Å². The van der Waals surface area contributed by atoms with Crippen molar-refractivity contribution in [3.63, 3.8) is 0 Å². The fourth-order valence-electron chi connectivity index (χ4n) is 5.79. The number of halogens is 5. The average Bonchev–Trinajstić information content (AvgIpc) is 3.57. The van der Waals surface area contributed by atoms with Gasteiger partial charge in [-0.15, -0.1) is 0 Å². The Labute approximate surface area is 255 Å². The largest absolute Gasteiger partial charge is 0.481 e. The van der Waals surface area contributed by atoms with Crippen molar-refractivity contribution in [2.45, 2.75) is 64.3 Å². The summed E-state index contributed by atoms with van der Waals surface area (Å²) < 4.78 is 70.9. The van der Waals surface area contributed by atoms with Crippen LogP contribution in [0.15, 0.2) is 24.5 Å². The number of rotatable bonds is 10. The second-order valence-electron chi connectivity index (χ2n) is 11.2. The summed E-state index contributed by atoms with van der Waals surface area (Å²) in [5.41, 5.74) is -0.936. The number of thiazole rings is 1. The third-order valence-electron chi connectivity index (χ3n) is 8.18. The summed E-state index contributed by atoms with van der Waals surface area (Å²) in [6.45, 7) is 7.18. The van der Waals surface area contributed by atoms with E-state index in [1.54, 1.807) is 0 Å². The summed E-state index contributed by atoms with van der Waals surface area (Å²) in [6.07, 6.45) is -0.839. The smallest absolute Gasteiger partial charge is 0.416 e. The molecule has 2 aromatic heterocycles. The van der Waals surface area contributed by atoms with Crippen LogP contribution >= 0.6 is 11.3 Å². The molecule has 0 unspecified atom stereocenters. The molecule has 0 spiro atoms. The van der Waals surface area contributed by atoms with Gasteiger partial charge >= 0.3 is 12.1 Å². The monoisotopic (exact) mass is 639 g/mol. The third kappa shape index (κ3) is 7.26. The Morgan fingerprint density at radius 3 is 2.64 bits per heavy atom. The summed E-state index contributed by atoms with van der Waals surface area (Å²) >= 11 is 1.16. The van der Waals surface area contributed by atoms with Crippen molar-refractivity contribution in [3.05, 3.63) is 46.6 Å². The van der Waals surface area contributed by atoms with E-state index in [2.05, 4.69) is 32.1 Å². The number of nitrogens with one attached hydrogen (secondary N) is 1. The van der Waals surface area contributed by atoms with Crippen LogP contribution in [-0.2, 0) is 17.5 Å². The first kappa shape index (κ1) is 32.0. The number of likely N-dealkylation sites (tertiary alicyclic amines) is 1. The number of aromatic nitrogens is 3. The number of carboxylic acids is 1. The molecule has 2 N–H and O–H groups in total. The van der Waals surface area contributed by atoms with Gasteiger partial charge < -0.3 is 15.3 Å². The first-order chi connectivity index (χ1) is 20.9. The van der Waals surface area contributed by atoms with Crippen molar-refractivity contribution in [1.82, 2.24) is 24.8 Å².